The van der Waals surface area contributed by atoms with Crippen LogP contribution in [0.1, 0.15) is 15.9 Å². The number of hydrogen-bond acceptors (Lipinski definition) is 3. The van der Waals surface area contributed by atoms with Crippen LogP contribution in [0.15, 0.2) is 40.9 Å². The van der Waals surface area contributed by atoms with Gasteiger partial charge in [-0.2, -0.15) is 0 Å². The number of hydrogen-bond donors (Lipinski definition) is 0. The zero-order chi connectivity index (χ0) is 14.5. The van der Waals surface area contributed by atoms with Gasteiger partial charge < -0.3 is 9.47 Å². The van der Waals surface area contributed by atoms with Crippen molar-refractivity contribution in [2.24, 2.45) is 0 Å². The van der Waals surface area contributed by atoms with Crippen molar-refractivity contribution in [2.75, 3.05) is 7.11 Å². The summed E-state index contributed by atoms with van der Waals surface area (Å²) in [6, 6.07) is 9.59. The van der Waals surface area contributed by atoms with Crippen LogP contribution in [0.25, 0.3) is 0 Å². The van der Waals surface area contributed by atoms with Gasteiger partial charge >= 0.3 is 0 Å². The first kappa shape index (κ1) is 14.5. The summed E-state index contributed by atoms with van der Waals surface area (Å²) in [5, 5.41) is 0. The third kappa shape index (κ3) is 3.36. The highest BCUT2D eigenvalue weighted by Gasteiger charge is 2.06. The van der Waals surface area contributed by atoms with E-state index >= 15 is 0 Å². The number of rotatable bonds is 5. The van der Waals surface area contributed by atoms with E-state index in [0.717, 1.165) is 6.29 Å². The molecular weight excluding hydrogens is 327 g/mol. The zero-order valence-electron chi connectivity index (χ0n) is 10.7. The first-order valence-electron chi connectivity index (χ1n) is 5.84. The van der Waals surface area contributed by atoms with Crippen LogP contribution in [0.3, 0.4) is 0 Å². The molecule has 0 fully saturated rings. The van der Waals surface area contributed by atoms with E-state index in [1.165, 1.54) is 13.2 Å². The lowest BCUT2D eigenvalue weighted by Crippen LogP contribution is -1.99. The van der Waals surface area contributed by atoms with Gasteiger partial charge in [0.05, 0.1) is 7.11 Å². The maximum atomic E-state index is 13.7. The summed E-state index contributed by atoms with van der Waals surface area (Å²) in [5.74, 6) is 0.570. The summed E-state index contributed by atoms with van der Waals surface area (Å²) in [4.78, 5) is 10.8. The number of methoxy groups -OCH3 is 1. The lowest BCUT2D eigenvalue weighted by atomic mass is 10.2. The van der Waals surface area contributed by atoms with Gasteiger partial charge in [-0.25, -0.2) is 4.39 Å². The van der Waals surface area contributed by atoms with Gasteiger partial charge in [-0.15, -0.1) is 0 Å². The lowest BCUT2D eigenvalue weighted by molar-refractivity contribution is 0.112. The summed E-state index contributed by atoms with van der Waals surface area (Å²) in [6.45, 7) is 0.0791. The smallest absolute Gasteiger partial charge is 0.151 e. The minimum absolute atomic E-state index is 0.0791. The van der Waals surface area contributed by atoms with Gasteiger partial charge in [0.2, 0.25) is 0 Å². The molecule has 0 aliphatic carbocycles. The van der Waals surface area contributed by atoms with Crippen LogP contribution < -0.4 is 9.47 Å². The molecule has 3 nitrogen and oxygen atoms in total. The molecule has 0 radical (unpaired) electrons. The molecule has 2 aromatic carbocycles. The second kappa shape index (κ2) is 6.52. The van der Waals surface area contributed by atoms with E-state index in [9.17, 15) is 9.18 Å². The summed E-state index contributed by atoms with van der Waals surface area (Å²) in [5.41, 5.74) is 0.902. The largest absolute Gasteiger partial charge is 0.497 e. The first-order chi connectivity index (χ1) is 9.63. The molecular formula is C15H12BrFO3. The maximum Gasteiger partial charge on any atom is 0.151 e. The van der Waals surface area contributed by atoms with Gasteiger partial charge in [0.1, 0.15) is 23.9 Å². The fraction of sp³-hybridized carbons (Fsp3) is 0.133. The molecule has 0 N–H and O–H groups in total. The van der Waals surface area contributed by atoms with Gasteiger partial charge in [0.15, 0.2) is 6.29 Å². The van der Waals surface area contributed by atoms with Gasteiger partial charge in [-0.05, 0) is 30.3 Å². The van der Waals surface area contributed by atoms with Crippen molar-refractivity contribution >= 4 is 22.2 Å². The molecule has 0 amide bonds. The van der Waals surface area contributed by atoms with E-state index in [1.807, 2.05) is 0 Å². The highest BCUT2D eigenvalue weighted by molar-refractivity contribution is 9.10. The Bertz CT molecular complexity index is 629. The van der Waals surface area contributed by atoms with Crippen molar-refractivity contribution in [1.82, 2.24) is 0 Å². The SMILES string of the molecule is COc1ccc(COc2ccc(Br)c(C=O)c2)c(F)c1. The number of carbonyl (C=O) groups excluding carboxylic acids is 1. The molecule has 104 valence electrons. The third-order valence-corrected chi connectivity index (χ3v) is 3.47. The van der Waals surface area contributed by atoms with E-state index in [2.05, 4.69) is 15.9 Å². The van der Waals surface area contributed by atoms with E-state index in [4.69, 9.17) is 9.47 Å². The van der Waals surface area contributed by atoms with Crippen molar-refractivity contribution in [3.63, 3.8) is 0 Å². The number of ether oxygens (including phenoxy) is 2. The minimum atomic E-state index is -0.392. The third-order valence-electron chi connectivity index (χ3n) is 2.75. The Labute approximate surface area is 124 Å². The quantitative estimate of drug-likeness (QED) is 0.773. The molecule has 0 unspecified atom stereocenters. The van der Waals surface area contributed by atoms with Crippen LogP contribution in [-0.4, -0.2) is 13.4 Å². The fourth-order valence-corrected chi connectivity index (χ4v) is 1.98. The lowest BCUT2D eigenvalue weighted by Gasteiger charge is -2.09. The van der Waals surface area contributed by atoms with Crippen LogP contribution in [0.2, 0.25) is 0 Å². The zero-order valence-corrected chi connectivity index (χ0v) is 12.3. The molecule has 2 aromatic rings. The maximum absolute atomic E-state index is 13.7. The topological polar surface area (TPSA) is 35.5 Å². The van der Waals surface area contributed by atoms with Crippen LogP contribution in [0, 0.1) is 5.82 Å². The van der Waals surface area contributed by atoms with Crippen molar-refractivity contribution < 1.29 is 18.7 Å². The van der Waals surface area contributed by atoms with Crippen molar-refractivity contribution in [2.45, 2.75) is 6.61 Å². The molecule has 0 saturated carbocycles. The Balaban J connectivity index is 2.10. The van der Waals surface area contributed by atoms with Crippen molar-refractivity contribution in [3.8, 4) is 11.5 Å². The summed E-state index contributed by atoms with van der Waals surface area (Å²) in [6.07, 6.45) is 0.727. The molecule has 2 rings (SSSR count). The second-order valence-electron chi connectivity index (χ2n) is 4.05. The van der Waals surface area contributed by atoms with E-state index in [-0.39, 0.29) is 6.61 Å². The Kier molecular flexibility index (Phi) is 4.74. The van der Waals surface area contributed by atoms with E-state index in [1.54, 1.807) is 30.3 Å². The predicted octanol–water partition coefficient (Wildman–Crippen LogP) is 3.99. The van der Waals surface area contributed by atoms with Crippen molar-refractivity contribution in [3.05, 3.63) is 57.8 Å². The number of carbonyl (C=O) groups is 1. The Hall–Kier alpha value is -1.88. The Morgan fingerprint density at radius 2 is 1.95 bits per heavy atom. The molecule has 0 saturated heterocycles. The van der Waals surface area contributed by atoms with Crippen LogP contribution in [0.4, 0.5) is 4.39 Å². The van der Waals surface area contributed by atoms with Crippen LogP contribution in [0.5, 0.6) is 11.5 Å². The predicted molar refractivity (Wildman–Crippen MR) is 76.8 cm³/mol. The van der Waals surface area contributed by atoms with Crippen LogP contribution >= 0.6 is 15.9 Å². The van der Waals surface area contributed by atoms with E-state index < -0.39 is 5.82 Å². The monoisotopic (exact) mass is 338 g/mol. The Morgan fingerprint density at radius 1 is 1.20 bits per heavy atom. The van der Waals surface area contributed by atoms with Gasteiger partial charge in [-0.1, -0.05) is 15.9 Å². The standard InChI is InChI=1S/C15H12BrFO3/c1-19-12-3-2-10(15(17)7-12)9-20-13-4-5-14(16)11(6-13)8-18/h2-8H,9H2,1H3. The normalized spacial score (nSPS) is 10.2. The number of aldehydes is 1. The summed E-state index contributed by atoms with van der Waals surface area (Å²) >= 11 is 3.25. The molecule has 0 aromatic heterocycles. The van der Waals surface area contributed by atoms with Crippen LogP contribution in [-0.2, 0) is 6.61 Å². The van der Waals surface area contributed by atoms with E-state index in [0.29, 0.717) is 27.1 Å². The van der Waals surface area contributed by atoms with Gasteiger partial charge in [0, 0.05) is 21.7 Å². The molecule has 0 bridgehead atoms. The second-order valence-corrected chi connectivity index (χ2v) is 4.90. The molecule has 20 heavy (non-hydrogen) atoms. The van der Waals surface area contributed by atoms with Crippen molar-refractivity contribution in [1.29, 1.82) is 0 Å². The average Bonchev–Trinajstić information content (AvgIpc) is 2.47. The fourth-order valence-electron chi connectivity index (χ4n) is 1.64. The molecule has 0 atom stereocenters. The molecule has 0 aliphatic heterocycles. The molecule has 0 aliphatic rings. The Morgan fingerprint density at radius 3 is 2.60 bits per heavy atom. The molecule has 0 heterocycles. The minimum Gasteiger partial charge on any atom is -0.497 e. The highest BCUT2D eigenvalue weighted by Crippen LogP contribution is 2.23. The van der Waals surface area contributed by atoms with Gasteiger partial charge in [-0.3, -0.25) is 4.79 Å². The first-order valence-corrected chi connectivity index (χ1v) is 6.63. The molecule has 5 heteroatoms. The number of halogens is 2. The van der Waals surface area contributed by atoms with Gasteiger partial charge in [0.25, 0.3) is 0 Å². The average molecular weight is 339 g/mol. The number of benzene rings is 2. The molecule has 0 spiro atoms. The summed E-state index contributed by atoms with van der Waals surface area (Å²) < 4.78 is 24.8. The highest BCUT2D eigenvalue weighted by atomic mass is 79.9. The summed E-state index contributed by atoms with van der Waals surface area (Å²) in [7, 11) is 1.48.